The van der Waals surface area contributed by atoms with Gasteiger partial charge in [-0.25, -0.2) is 13.9 Å². The summed E-state index contributed by atoms with van der Waals surface area (Å²) in [6.45, 7) is 4.14. The predicted octanol–water partition coefficient (Wildman–Crippen LogP) is 2.11. The van der Waals surface area contributed by atoms with Crippen molar-refractivity contribution in [2.24, 2.45) is 0 Å². The van der Waals surface area contributed by atoms with E-state index in [1.54, 1.807) is 30.0 Å². The number of amides is 2. The van der Waals surface area contributed by atoms with Crippen LogP contribution in [0.2, 0.25) is 0 Å². The van der Waals surface area contributed by atoms with E-state index in [0.29, 0.717) is 36.8 Å². The predicted molar refractivity (Wildman–Crippen MR) is 97.1 cm³/mol. The molecule has 1 aromatic carbocycles. The first-order valence-electron chi connectivity index (χ1n) is 8.57. The average Bonchev–Trinajstić information content (AvgIpc) is 2.95. The van der Waals surface area contributed by atoms with Crippen LogP contribution in [-0.4, -0.2) is 72.1 Å². The van der Waals surface area contributed by atoms with Gasteiger partial charge in [0.15, 0.2) is 0 Å². The zero-order valence-electron chi connectivity index (χ0n) is 15.3. The quantitative estimate of drug-likeness (QED) is 0.906. The number of hydrogen-bond donors (Lipinski definition) is 1. The van der Waals surface area contributed by atoms with Gasteiger partial charge in [0.05, 0.1) is 30.3 Å². The van der Waals surface area contributed by atoms with E-state index < -0.39 is 0 Å². The third-order valence-corrected chi connectivity index (χ3v) is 4.33. The molecule has 1 aliphatic rings. The Labute approximate surface area is 152 Å². The van der Waals surface area contributed by atoms with E-state index in [4.69, 9.17) is 4.74 Å². The Hall–Kier alpha value is -2.45. The van der Waals surface area contributed by atoms with Gasteiger partial charge in [-0.05, 0) is 33.2 Å². The van der Waals surface area contributed by atoms with Crippen LogP contribution in [0.4, 0.5) is 14.9 Å². The summed E-state index contributed by atoms with van der Waals surface area (Å²) in [5.74, 6) is -0.365. The number of anilines is 1. The smallest absolute Gasteiger partial charge is 0.322 e. The SMILES string of the molecule is Cc1c(NC(=O)N2CCOC(CN(C)C)C2)cnn1-c1ccccc1F. The minimum atomic E-state index is -0.365. The monoisotopic (exact) mass is 361 g/mol. The highest BCUT2D eigenvalue weighted by Gasteiger charge is 2.25. The number of para-hydroxylation sites is 1. The number of aromatic nitrogens is 2. The Balaban J connectivity index is 1.69. The lowest BCUT2D eigenvalue weighted by atomic mass is 10.2. The molecule has 1 aliphatic heterocycles. The van der Waals surface area contributed by atoms with Gasteiger partial charge < -0.3 is 19.9 Å². The Kier molecular flexibility index (Phi) is 5.53. The first-order chi connectivity index (χ1) is 12.5. The Morgan fingerprint density at radius 1 is 1.42 bits per heavy atom. The summed E-state index contributed by atoms with van der Waals surface area (Å²) < 4.78 is 21.2. The molecule has 1 atom stereocenters. The van der Waals surface area contributed by atoms with Gasteiger partial charge in [-0.2, -0.15) is 5.10 Å². The standard InChI is InChI=1S/C18H24FN5O2/c1-13-16(10-20-24(13)17-7-5-4-6-15(17)19)21-18(25)23-8-9-26-14(12-23)11-22(2)3/h4-7,10,14H,8-9,11-12H2,1-3H3,(H,21,25). The molecule has 140 valence electrons. The van der Waals surface area contributed by atoms with Crippen LogP contribution in [0.15, 0.2) is 30.5 Å². The van der Waals surface area contributed by atoms with Crippen molar-refractivity contribution in [3.8, 4) is 5.69 Å². The number of benzene rings is 1. The van der Waals surface area contributed by atoms with Gasteiger partial charge in [-0.1, -0.05) is 12.1 Å². The number of nitrogens with zero attached hydrogens (tertiary/aromatic N) is 4. The van der Waals surface area contributed by atoms with Gasteiger partial charge in [-0.15, -0.1) is 0 Å². The zero-order valence-corrected chi connectivity index (χ0v) is 15.3. The van der Waals surface area contributed by atoms with Gasteiger partial charge in [-0.3, -0.25) is 0 Å². The maximum absolute atomic E-state index is 14.0. The molecular weight excluding hydrogens is 337 g/mol. The number of likely N-dealkylation sites (N-methyl/N-ethyl adjacent to an activating group) is 1. The van der Waals surface area contributed by atoms with Crippen molar-refractivity contribution in [1.29, 1.82) is 0 Å². The number of nitrogens with one attached hydrogen (secondary N) is 1. The first kappa shape index (κ1) is 18.3. The molecule has 1 aromatic heterocycles. The molecule has 0 saturated carbocycles. The summed E-state index contributed by atoms with van der Waals surface area (Å²) in [6.07, 6.45) is 1.53. The topological polar surface area (TPSA) is 62.6 Å². The van der Waals surface area contributed by atoms with Crippen LogP contribution in [0.1, 0.15) is 5.69 Å². The van der Waals surface area contributed by atoms with E-state index in [-0.39, 0.29) is 18.0 Å². The van der Waals surface area contributed by atoms with Gasteiger partial charge in [0.2, 0.25) is 0 Å². The lowest BCUT2D eigenvalue weighted by Gasteiger charge is -2.34. The largest absolute Gasteiger partial charge is 0.373 e. The van der Waals surface area contributed by atoms with Gasteiger partial charge in [0.1, 0.15) is 11.5 Å². The molecule has 0 aliphatic carbocycles. The maximum Gasteiger partial charge on any atom is 0.322 e. The van der Waals surface area contributed by atoms with Gasteiger partial charge >= 0.3 is 6.03 Å². The average molecular weight is 361 g/mol. The molecule has 0 spiro atoms. The van der Waals surface area contributed by atoms with Crippen molar-refractivity contribution in [2.45, 2.75) is 13.0 Å². The first-order valence-corrected chi connectivity index (χ1v) is 8.57. The molecule has 1 unspecified atom stereocenters. The highest BCUT2D eigenvalue weighted by molar-refractivity contribution is 5.90. The zero-order chi connectivity index (χ0) is 18.7. The van der Waals surface area contributed by atoms with E-state index >= 15 is 0 Å². The van der Waals surface area contributed by atoms with Crippen molar-refractivity contribution >= 4 is 11.7 Å². The minimum Gasteiger partial charge on any atom is -0.373 e. The van der Waals surface area contributed by atoms with Crippen LogP contribution in [0.5, 0.6) is 0 Å². The second-order valence-electron chi connectivity index (χ2n) is 6.64. The molecule has 2 heterocycles. The van der Waals surface area contributed by atoms with E-state index in [2.05, 4.69) is 10.4 Å². The Bertz CT molecular complexity index is 777. The van der Waals surface area contributed by atoms with Crippen molar-refractivity contribution < 1.29 is 13.9 Å². The fourth-order valence-corrected chi connectivity index (χ4v) is 3.01. The fraction of sp³-hybridized carbons (Fsp3) is 0.444. The molecule has 0 bridgehead atoms. The number of ether oxygens (including phenoxy) is 1. The van der Waals surface area contributed by atoms with Gasteiger partial charge in [0, 0.05) is 19.6 Å². The normalized spacial score (nSPS) is 17.6. The summed E-state index contributed by atoms with van der Waals surface area (Å²) in [4.78, 5) is 16.4. The van der Waals surface area contributed by atoms with E-state index in [0.717, 1.165) is 6.54 Å². The molecule has 8 heteroatoms. The number of carbonyl (C=O) groups excluding carboxylic acids is 1. The summed E-state index contributed by atoms with van der Waals surface area (Å²) in [5.41, 5.74) is 1.58. The van der Waals surface area contributed by atoms with Crippen molar-refractivity contribution in [3.63, 3.8) is 0 Å². The molecule has 1 fully saturated rings. The van der Waals surface area contributed by atoms with Crippen molar-refractivity contribution in [1.82, 2.24) is 19.6 Å². The number of urea groups is 1. The third-order valence-electron chi connectivity index (χ3n) is 4.33. The number of morpholine rings is 1. The van der Waals surface area contributed by atoms with Crippen LogP contribution < -0.4 is 5.32 Å². The molecule has 7 nitrogen and oxygen atoms in total. The number of hydrogen-bond acceptors (Lipinski definition) is 4. The lowest BCUT2D eigenvalue weighted by molar-refractivity contribution is -0.0228. The lowest BCUT2D eigenvalue weighted by Crippen LogP contribution is -2.50. The highest BCUT2D eigenvalue weighted by atomic mass is 19.1. The fourth-order valence-electron chi connectivity index (χ4n) is 3.01. The minimum absolute atomic E-state index is 0.00765. The summed E-state index contributed by atoms with van der Waals surface area (Å²) in [7, 11) is 3.95. The Morgan fingerprint density at radius 3 is 2.92 bits per heavy atom. The number of carbonyl (C=O) groups is 1. The molecule has 0 radical (unpaired) electrons. The summed E-state index contributed by atoms with van der Waals surface area (Å²) in [5, 5.41) is 7.09. The molecule has 2 amide bonds. The Morgan fingerprint density at radius 2 is 2.19 bits per heavy atom. The van der Waals surface area contributed by atoms with Crippen LogP contribution in [0.3, 0.4) is 0 Å². The molecule has 1 N–H and O–H groups in total. The second kappa shape index (κ2) is 7.84. The molecular formula is C18H24FN5O2. The van der Waals surface area contributed by atoms with Crippen molar-refractivity contribution in [2.75, 3.05) is 45.7 Å². The molecule has 26 heavy (non-hydrogen) atoms. The summed E-state index contributed by atoms with van der Waals surface area (Å²) in [6, 6.07) is 6.20. The maximum atomic E-state index is 14.0. The van der Waals surface area contributed by atoms with Crippen LogP contribution >= 0.6 is 0 Å². The molecule has 3 rings (SSSR count). The van der Waals surface area contributed by atoms with Gasteiger partial charge in [0.25, 0.3) is 0 Å². The molecule has 1 saturated heterocycles. The van der Waals surface area contributed by atoms with Crippen molar-refractivity contribution in [3.05, 3.63) is 42.0 Å². The van der Waals surface area contributed by atoms with Crippen LogP contribution in [0, 0.1) is 12.7 Å². The van der Waals surface area contributed by atoms with E-state index in [1.807, 2.05) is 19.0 Å². The highest BCUT2D eigenvalue weighted by Crippen LogP contribution is 2.21. The third kappa shape index (κ3) is 4.03. The number of halogens is 1. The number of rotatable bonds is 4. The molecule has 2 aromatic rings. The van der Waals surface area contributed by atoms with E-state index in [1.165, 1.54) is 16.9 Å². The van der Waals surface area contributed by atoms with E-state index in [9.17, 15) is 9.18 Å². The summed E-state index contributed by atoms with van der Waals surface area (Å²) >= 11 is 0. The van der Waals surface area contributed by atoms with Crippen LogP contribution in [0.25, 0.3) is 5.69 Å². The second-order valence-corrected chi connectivity index (χ2v) is 6.64. The van der Waals surface area contributed by atoms with Crippen LogP contribution in [-0.2, 0) is 4.74 Å².